The molecule has 1 aromatic carbocycles. The minimum absolute atomic E-state index is 0.395. The van der Waals surface area contributed by atoms with Crippen molar-refractivity contribution in [1.82, 2.24) is 9.97 Å². The molecule has 2 aromatic heterocycles. The van der Waals surface area contributed by atoms with E-state index in [2.05, 4.69) is 9.97 Å². The number of carbonyl (C=O) groups excluding carboxylic acids is 1. The molecule has 0 unspecified atom stereocenters. The molecule has 0 atom stereocenters. The first kappa shape index (κ1) is 14.3. The van der Waals surface area contributed by atoms with E-state index in [4.69, 9.17) is 4.74 Å². The highest BCUT2D eigenvalue weighted by molar-refractivity contribution is 6.01. The molecular formula is C17H15FN2O2. The molecule has 0 aliphatic carbocycles. The number of aromatic amines is 1. The summed E-state index contributed by atoms with van der Waals surface area (Å²) in [5.41, 5.74) is 4.51. The maximum Gasteiger partial charge on any atom is 0.340 e. The number of pyridine rings is 1. The number of nitrogens with zero attached hydrogens (tertiary/aromatic N) is 1. The van der Waals surface area contributed by atoms with Crippen LogP contribution in [-0.4, -0.2) is 23.0 Å². The standard InChI is InChI=1S/C17H15FN2O2/c1-22-17(21)14-6-7-19-15-9-13(20-16(14)15)8-11-2-4-12(10-18)5-3-11/h2-7,9,20H,8,10H2,1H3. The van der Waals surface area contributed by atoms with Gasteiger partial charge in [0.2, 0.25) is 0 Å². The zero-order valence-electron chi connectivity index (χ0n) is 12.1. The molecule has 0 fully saturated rings. The number of hydrogen-bond acceptors (Lipinski definition) is 3. The van der Waals surface area contributed by atoms with Crippen LogP contribution in [0.4, 0.5) is 4.39 Å². The van der Waals surface area contributed by atoms with Crippen LogP contribution in [0.1, 0.15) is 27.2 Å². The van der Waals surface area contributed by atoms with Crippen molar-refractivity contribution in [3.05, 3.63) is 65.0 Å². The topological polar surface area (TPSA) is 55.0 Å². The Morgan fingerprint density at radius 3 is 2.64 bits per heavy atom. The van der Waals surface area contributed by atoms with Gasteiger partial charge in [0.25, 0.3) is 0 Å². The average molecular weight is 298 g/mol. The first-order valence-corrected chi connectivity index (χ1v) is 6.90. The maximum absolute atomic E-state index is 12.5. The molecule has 0 saturated heterocycles. The normalized spacial score (nSPS) is 10.8. The van der Waals surface area contributed by atoms with Crippen molar-refractivity contribution in [2.24, 2.45) is 0 Å². The van der Waals surface area contributed by atoms with Crippen molar-refractivity contribution in [1.29, 1.82) is 0 Å². The van der Waals surface area contributed by atoms with Crippen molar-refractivity contribution in [2.75, 3.05) is 7.11 Å². The van der Waals surface area contributed by atoms with Gasteiger partial charge in [-0.15, -0.1) is 0 Å². The number of H-pyrrole nitrogens is 1. The minimum atomic E-state index is -0.459. The highest BCUT2D eigenvalue weighted by atomic mass is 19.1. The van der Waals surface area contributed by atoms with E-state index in [9.17, 15) is 9.18 Å². The third kappa shape index (κ3) is 2.70. The van der Waals surface area contributed by atoms with Gasteiger partial charge in [-0.3, -0.25) is 4.98 Å². The molecule has 2 heterocycles. The summed E-state index contributed by atoms with van der Waals surface area (Å²) in [5, 5.41) is 0. The Hall–Kier alpha value is -2.69. The number of alkyl halides is 1. The zero-order chi connectivity index (χ0) is 15.5. The van der Waals surface area contributed by atoms with Crippen LogP contribution in [0, 0.1) is 0 Å². The second-order valence-electron chi connectivity index (χ2n) is 5.03. The van der Waals surface area contributed by atoms with Crippen molar-refractivity contribution in [3.63, 3.8) is 0 Å². The lowest BCUT2D eigenvalue weighted by atomic mass is 10.1. The van der Waals surface area contributed by atoms with Crippen LogP contribution in [0.5, 0.6) is 0 Å². The molecule has 3 rings (SSSR count). The lowest BCUT2D eigenvalue weighted by molar-refractivity contribution is 0.0602. The van der Waals surface area contributed by atoms with E-state index >= 15 is 0 Å². The predicted molar refractivity (Wildman–Crippen MR) is 81.5 cm³/mol. The average Bonchev–Trinajstić information content (AvgIpc) is 2.97. The van der Waals surface area contributed by atoms with E-state index in [1.807, 2.05) is 18.2 Å². The van der Waals surface area contributed by atoms with Gasteiger partial charge in [-0.2, -0.15) is 0 Å². The van der Waals surface area contributed by atoms with E-state index < -0.39 is 12.6 Å². The number of fused-ring (bicyclic) bond motifs is 1. The van der Waals surface area contributed by atoms with Crippen LogP contribution in [-0.2, 0) is 17.8 Å². The van der Waals surface area contributed by atoms with E-state index in [0.717, 1.165) is 16.8 Å². The molecular weight excluding hydrogens is 283 g/mol. The molecule has 0 radical (unpaired) electrons. The SMILES string of the molecule is COC(=O)c1ccnc2cc(Cc3ccc(CF)cc3)[nH]c12. The summed E-state index contributed by atoms with van der Waals surface area (Å²) in [5.74, 6) is -0.395. The number of halogens is 1. The van der Waals surface area contributed by atoms with Gasteiger partial charge in [-0.1, -0.05) is 24.3 Å². The molecule has 0 saturated carbocycles. The van der Waals surface area contributed by atoms with Gasteiger partial charge in [0.05, 0.1) is 23.7 Å². The van der Waals surface area contributed by atoms with Gasteiger partial charge in [0.1, 0.15) is 6.67 Å². The van der Waals surface area contributed by atoms with Crippen LogP contribution < -0.4 is 0 Å². The van der Waals surface area contributed by atoms with E-state index in [-0.39, 0.29) is 0 Å². The predicted octanol–water partition coefficient (Wildman–Crippen LogP) is 3.41. The quantitative estimate of drug-likeness (QED) is 0.751. The molecule has 0 aliphatic rings. The third-order valence-corrected chi connectivity index (χ3v) is 3.55. The van der Waals surface area contributed by atoms with Gasteiger partial charge >= 0.3 is 5.97 Å². The number of rotatable bonds is 4. The molecule has 0 amide bonds. The fourth-order valence-corrected chi connectivity index (χ4v) is 2.42. The number of benzene rings is 1. The second-order valence-corrected chi connectivity index (χ2v) is 5.03. The van der Waals surface area contributed by atoms with Crippen LogP contribution >= 0.6 is 0 Å². The summed E-state index contributed by atoms with van der Waals surface area (Å²) < 4.78 is 17.3. The highest BCUT2D eigenvalue weighted by Crippen LogP contribution is 2.20. The van der Waals surface area contributed by atoms with Crippen LogP contribution in [0.2, 0.25) is 0 Å². The fraction of sp³-hybridized carbons (Fsp3) is 0.176. The molecule has 4 nitrogen and oxygen atoms in total. The third-order valence-electron chi connectivity index (χ3n) is 3.55. The number of aromatic nitrogens is 2. The number of esters is 1. The Morgan fingerprint density at radius 1 is 1.23 bits per heavy atom. The first-order chi connectivity index (χ1) is 10.7. The lowest BCUT2D eigenvalue weighted by Gasteiger charge is -2.01. The molecule has 5 heteroatoms. The Bertz CT molecular complexity index is 809. The Morgan fingerprint density at radius 2 is 1.95 bits per heavy atom. The van der Waals surface area contributed by atoms with Crippen LogP contribution in [0.3, 0.4) is 0 Å². The number of hydrogen-bond donors (Lipinski definition) is 1. The summed E-state index contributed by atoms with van der Waals surface area (Å²) in [6.07, 6.45) is 2.24. The van der Waals surface area contributed by atoms with Gasteiger partial charge in [0, 0.05) is 18.3 Å². The molecule has 112 valence electrons. The fourth-order valence-electron chi connectivity index (χ4n) is 2.42. The monoisotopic (exact) mass is 298 g/mol. The number of carbonyl (C=O) groups is 1. The molecule has 3 aromatic rings. The van der Waals surface area contributed by atoms with Gasteiger partial charge in [-0.05, 0) is 23.3 Å². The summed E-state index contributed by atoms with van der Waals surface area (Å²) in [7, 11) is 1.35. The van der Waals surface area contributed by atoms with Crippen molar-refractivity contribution < 1.29 is 13.9 Å². The number of nitrogens with one attached hydrogen (secondary N) is 1. The molecule has 0 spiro atoms. The Labute approximate surface area is 126 Å². The maximum atomic E-state index is 12.5. The van der Waals surface area contributed by atoms with Gasteiger partial charge in [0.15, 0.2) is 0 Å². The van der Waals surface area contributed by atoms with E-state index in [1.54, 1.807) is 24.4 Å². The van der Waals surface area contributed by atoms with Crippen molar-refractivity contribution in [2.45, 2.75) is 13.1 Å². The number of methoxy groups -OCH3 is 1. The van der Waals surface area contributed by atoms with Gasteiger partial charge in [-0.25, -0.2) is 9.18 Å². The van der Waals surface area contributed by atoms with E-state index in [0.29, 0.717) is 23.1 Å². The molecule has 0 bridgehead atoms. The molecule has 0 aliphatic heterocycles. The van der Waals surface area contributed by atoms with Gasteiger partial charge < -0.3 is 9.72 Å². The van der Waals surface area contributed by atoms with Crippen molar-refractivity contribution >= 4 is 17.0 Å². The largest absolute Gasteiger partial charge is 0.465 e. The van der Waals surface area contributed by atoms with E-state index in [1.165, 1.54) is 7.11 Å². The number of ether oxygens (including phenoxy) is 1. The highest BCUT2D eigenvalue weighted by Gasteiger charge is 2.13. The first-order valence-electron chi connectivity index (χ1n) is 6.90. The zero-order valence-corrected chi connectivity index (χ0v) is 12.1. The Kier molecular flexibility index (Phi) is 3.87. The second kappa shape index (κ2) is 5.97. The van der Waals surface area contributed by atoms with Crippen LogP contribution in [0.15, 0.2) is 42.6 Å². The summed E-state index contributed by atoms with van der Waals surface area (Å²) >= 11 is 0. The van der Waals surface area contributed by atoms with Crippen LogP contribution in [0.25, 0.3) is 11.0 Å². The minimum Gasteiger partial charge on any atom is -0.465 e. The van der Waals surface area contributed by atoms with Crippen molar-refractivity contribution in [3.8, 4) is 0 Å². The molecule has 22 heavy (non-hydrogen) atoms. The summed E-state index contributed by atoms with van der Waals surface area (Å²) in [6.45, 7) is -0.459. The lowest BCUT2D eigenvalue weighted by Crippen LogP contribution is -2.02. The molecule has 1 N–H and O–H groups in total. The Balaban J connectivity index is 1.93. The smallest absolute Gasteiger partial charge is 0.340 e. The summed E-state index contributed by atoms with van der Waals surface area (Å²) in [4.78, 5) is 19.2. The summed E-state index contributed by atoms with van der Waals surface area (Å²) in [6, 6.07) is 10.9.